The molecular formula is C77H87NO3Si. The Labute approximate surface area is 493 Å². The maximum Gasteiger partial charge on any atom is 0.179 e. The van der Waals surface area contributed by atoms with Gasteiger partial charge in [0.15, 0.2) is 8.07 Å². The molecule has 0 saturated heterocycles. The predicted octanol–water partition coefficient (Wildman–Crippen LogP) is 18.6. The van der Waals surface area contributed by atoms with Gasteiger partial charge in [-0.05, 0) is 157 Å². The second-order valence-electron chi connectivity index (χ2n) is 22.6. The summed E-state index contributed by atoms with van der Waals surface area (Å²) in [5.41, 5.74) is 11.5. The molecule has 4 nitrogen and oxygen atoms in total. The third-order valence-corrected chi connectivity index (χ3v) is 21.9. The van der Waals surface area contributed by atoms with Gasteiger partial charge in [0.25, 0.3) is 0 Å². The van der Waals surface area contributed by atoms with E-state index in [1.807, 2.05) is 12.3 Å². The van der Waals surface area contributed by atoms with Crippen LogP contribution in [0.25, 0.3) is 55.8 Å². The highest BCUT2D eigenvalue weighted by atomic mass is 28.3. The molecule has 1 aromatic heterocycles. The molecule has 0 spiro atoms. The van der Waals surface area contributed by atoms with Crippen LogP contribution in [0.5, 0.6) is 17.2 Å². The van der Waals surface area contributed by atoms with Gasteiger partial charge in [-0.25, -0.2) is 0 Å². The van der Waals surface area contributed by atoms with Gasteiger partial charge in [-0.3, -0.25) is 4.98 Å². The number of unbranched alkanes of at least 4 members (excludes halogenated alkanes) is 3. The van der Waals surface area contributed by atoms with E-state index in [1.165, 1.54) is 117 Å². The topological polar surface area (TPSA) is 40.6 Å². The molecule has 0 radical (unpaired) electrons. The highest BCUT2D eigenvalue weighted by Crippen LogP contribution is 2.30. The summed E-state index contributed by atoms with van der Waals surface area (Å²) in [5.74, 6) is 4.54. The van der Waals surface area contributed by atoms with Crippen molar-refractivity contribution < 1.29 is 14.2 Å². The fourth-order valence-electron chi connectivity index (χ4n) is 11.6. The lowest BCUT2D eigenvalue weighted by molar-refractivity contribution is 0.233. The van der Waals surface area contributed by atoms with Gasteiger partial charge in [-0.1, -0.05) is 257 Å². The van der Waals surface area contributed by atoms with E-state index in [-0.39, 0.29) is 0 Å². The number of rotatable bonds is 30. The molecule has 0 saturated carbocycles. The van der Waals surface area contributed by atoms with Crippen LogP contribution < -0.4 is 35.0 Å². The van der Waals surface area contributed by atoms with E-state index in [0.717, 1.165) is 73.2 Å². The van der Waals surface area contributed by atoms with E-state index in [1.54, 1.807) is 0 Å². The standard InChI is InChI=1S/C77H87NO3Si/c1-7-13-19-58(10-4)55-79-70-39-25-61(26-40-70)64-31-45-73(46-32-64)82(76-51-37-67(38-52-76)68-22-18-23-69(54-68)77-24-16-17-53-78-77,74-47-33-65(34-48-74)62-27-41-71(42-28-62)80-56-59(11-5)20-14-8-2)75-49-35-66(36-50-75)63-29-43-72(44-30-63)81-57-60(12-6)21-15-9-3/h16-18,22-54,58-60H,7-15,19-21,55-57H2,1-6H3. The van der Waals surface area contributed by atoms with Gasteiger partial charge in [0, 0.05) is 11.8 Å². The Kier molecular flexibility index (Phi) is 21.6. The van der Waals surface area contributed by atoms with E-state index >= 15 is 0 Å². The van der Waals surface area contributed by atoms with Gasteiger partial charge in [-0.2, -0.15) is 0 Å². The normalized spacial score (nSPS) is 13.2. The SMILES string of the molecule is CCCCC(CC)COc1ccc(-c2ccc([Si](c3ccc(-c4ccc(OCC(CC)CCCC)cc4)cc3)(c3ccc(-c4ccc(OCC(CC)CCCC)cc4)cc3)c3ccc(-c4cccc(-c5ccccn5)c4)cc3)cc2)cc1. The Balaban J connectivity index is 1.11. The number of hydrogen-bond donors (Lipinski definition) is 0. The van der Waals surface area contributed by atoms with Crippen LogP contribution in [0.4, 0.5) is 0 Å². The average molecular weight is 1100 g/mol. The third-order valence-electron chi connectivity index (χ3n) is 17.1. The number of nitrogens with zero attached hydrogens (tertiary/aromatic N) is 1. The van der Waals surface area contributed by atoms with Crippen LogP contribution in [0.15, 0.2) is 219 Å². The largest absolute Gasteiger partial charge is 0.493 e. The summed E-state index contributed by atoms with van der Waals surface area (Å²) in [6.45, 7) is 15.9. The van der Waals surface area contributed by atoms with Crippen LogP contribution in [0.2, 0.25) is 0 Å². The molecule has 0 aliphatic carbocycles. The van der Waals surface area contributed by atoms with Crippen LogP contribution >= 0.6 is 0 Å². The highest BCUT2D eigenvalue weighted by Gasteiger charge is 2.41. The van der Waals surface area contributed by atoms with Crippen molar-refractivity contribution >= 4 is 28.8 Å². The molecule has 422 valence electrons. The van der Waals surface area contributed by atoms with Gasteiger partial charge in [0.05, 0.1) is 25.5 Å². The summed E-state index contributed by atoms with van der Waals surface area (Å²) in [7, 11) is -3.06. The molecule has 0 N–H and O–H groups in total. The first kappa shape index (κ1) is 59.2. The second kappa shape index (κ2) is 30.0. The van der Waals surface area contributed by atoms with Gasteiger partial charge in [-0.15, -0.1) is 0 Å². The summed E-state index contributed by atoms with van der Waals surface area (Å²) in [6.07, 6.45) is 16.3. The molecule has 0 bridgehead atoms. The fraction of sp³-hybridized carbons (Fsp3) is 0.312. The molecule has 1 heterocycles. The molecule has 0 fully saturated rings. The predicted molar refractivity (Wildman–Crippen MR) is 351 cm³/mol. The van der Waals surface area contributed by atoms with Gasteiger partial charge >= 0.3 is 0 Å². The van der Waals surface area contributed by atoms with Crippen LogP contribution in [-0.4, -0.2) is 32.9 Å². The van der Waals surface area contributed by atoms with E-state index in [4.69, 9.17) is 14.2 Å². The minimum Gasteiger partial charge on any atom is -0.493 e. The number of aromatic nitrogens is 1. The second-order valence-corrected chi connectivity index (χ2v) is 26.4. The van der Waals surface area contributed by atoms with E-state index in [9.17, 15) is 0 Å². The molecule has 3 unspecified atom stereocenters. The van der Waals surface area contributed by atoms with E-state index in [2.05, 4.69) is 253 Å². The third kappa shape index (κ3) is 15.0. The Hall–Kier alpha value is -7.47. The first-order chi connectivity index (χ1) is 40.3. The quantitative estimate of drug-likeness (QED) is 0.0332. The summed E-state index contributed by atoms with van der Waals surface area (Å²) < 4.78 is 19.1. The zero-order valence-corrected chi connectivity index (χ0v) is 50.8. The van der Waals surface area contributed by atoms with Crippen LogP contribution in [0.3, 0.4) is 0 Å². The van der Waals surface area contributed by atoms with Crippen LogP contribution in [0, 0.1) is 17.8 Å². The van der Waals surface area contributed by atoms with Crippen molar-refractivity contribution in [2.24, 2.45) is 17.8 Å². The minimum absolute atomic E-state index is 0.582. The maximum absolute atomic E-state index is 6.36. The molecule has 0 aliphatic rings. The first-order valence-corrected chi connectivity index (χ1v) is 33.0. The summed E-state index contributed by atoms with van der Waals surface area (Å²) >= 11 is 0. The molecule has 3 atom stereocenters. The molecule has 0 aliphatic heterocycles. The van der Waals surface area contributed by atoms with Crippen molar-refractivity contribution in [1.82, 2.24) is 4.98 Å². The average Bonchev–Trinajstić information content (AvgIpc) is 3.70. The lowest BCUT2D eigenvalue weighted by atomic mass is 10.0. The number of benzene rings is 8. The molecule has 9 rings (SSSR count). The van der Waals surface area contributed by atoms with Crippen molar-refractivity contribution in [2.45, 2.75) is 119 Å². The number of ether oxygens (including phenoxy) is 3. The van der Waals surface area contributed by atoms with Crippen LogP contribution in [-0.2, 0) is 0 Å². The summed E-state index contributed by atoms with van der Waals surface area (Å²) in [4.78, 5) is 4.68. The molecule has 5 heteroatoms. The van der Waals surface area contributed by atoms with Crippen molar-refractivity contribution in [1.29, 1.82) is 0 Å². The Bertz CT molecular complexity index is 3030. The Morgan fingerprint density at radius 1 is 0.317 bits per heavy atom. The Morgan fingerprint density at radius 2 is 0.622 bits per heavy atom. The van der Waals surface area contributed by atoms with E-state index in [0.29, 0.717) is 17.8 Å². The van der Waals surface area contributed by atoms with E-state index < -0.39 is 8.07 Å². The smallest absolute Gasteiger partial charge is 0.179 e. The molecule has 0 amide bonds. The van der Waals surface area contributed by atoms with Gasteiger partial charge < -0.3 is 14.2 Å². The van der Waals surface area contributed by atoms with Crippen molar-refractivity contribution in [2.75, 3.05) is 19.8 Å². The van der Waals surface area contributed by atoms with Crippen molar-refractivity contribution in [3.05, 3.63) is 219 Å². The summed E-state index contributed by atoms with van der Waals surface area (Å²) in [5, 5.41) is 5.26. The highest BCUT2D eigenvalue weighted by molar-refractivity contribution is 7.19. The molecule has 8 aromatic carbocycles. The first-order valence-electron chi connectivity index (χ1n) is 31.0. The van der Waals surface area contributed by atoms with Crippen LogP contribution in [0.1, 0.15) is 119 Å². The zero-order valence-electron chi connectivity index (χ0n) is 49.8. The van der Waals surface area contributed by atoms with Gasteiger partial charge in [0.2, 0.25) is 0 Å². The molecule has 82 heavy (non-hydrogen) atoms. The monoisotopic (exact) mass is 1100 g/mol. The summed E-state index contributed by atoms with van der Waals surface area (Å²) in [6, 6.07) is 78.9. The Morgan fingerprint density at radius 3 is 0.915 bits per heavy atom. The zero-order chi connectivity index (χ0) is 56.9. The lowest BCUT2D eigenvalue weighted by Crippen LogP contribution is -2.74. The molecule has 9 aromatic rings. The number of pyridine rings is 1. The van der Waals surface area contributed by atoms with Crippen molar-refractivity contribution in [3.63, 3.8) is 0 Å². The number of hydrogen-bond acceptors (Lipinski definition) is 4. The van der Waals surface area contributed by atoms with Gasteiger partial charge in [0.1, 0.15) is 17.2 Å². The molecular weight excluding hydrogens is 1010 g/mol. The minimum atomic E-state index is -3.06. The lowest BCUT2D eigenvalue weighted by Gasteiger charge is -2.35. The fourth-order valence-corrected chi connectivity index (χ4v) is 16.3. The van der Waals surface area contributed by atoms with Crippen molar-refractivity contribution in [3.8, 4) is 73.0 Å². The maximum atomic E-state index is 6.36.